The molecule has 1 aromatic carbocycles. The number of ether oxygens (including phenoxy) is 1. The Morgan fingerprint density at radius 1 is 1.34 bits per heavy atom. The summed E-state index contributed by atoms with van der Waals surface area (Å²) in [6.07, 6.45) is 2.42. The van der Waals surface area contributed by atoms with E-state index in [1.165, 1.54) is 11.0 Å². The van der Waals surface area contributed by atoms with Gasteiger partial charge in [0, 0.05) is 7.05 Å². The maximum Gasteiger partial charge on any atom is 0.316 e. The highest BCUT2D eigenvalue weighted by molar-refractivity contribution is 5.96. The van der Waals surface area contributed by atoms with Crippen molar-refractivity contribution in [1.29, 1.82) is 5.26 Å². The molecule has 1 atom stereocenters. The van der Waals surface area contributed by atoms with Gasteiger partial charge in [0.25, 0.3) is 0 Å². The number of esters is 1. The smallest absolute Gasteiger partial charge is 0.316 e. The maximum atomic E-state index is 12.9. The van der Waals surface area contributed by atoms with Gasteiger partial charge < -0.3 is 4.74 Å². The van der Waals surface area contributed by atoms with Crippen LogP contribution in [0.25, 0.3) is 11.3 Å². The van der Waals surface area contributed by atoms with Crippen LogP contribution >= 0.6 is 0 Å². The molecule has 0 bridgehead atoms. The summed E-state index contributed by atoms with van der Waals surface area (Å²) in [5.41, 5.74) is 1.73. The Morgan fingerprint density at radius 2 is 2.06 bits per heavy atom. The number of nitrogens with zero attached hydrogens (tertiary/aromatic N) is 6. The van der Waals surface area contributed by atoms with Gasteiger partial charge in [0.05, 0.1) is 35.0 Å². The van der Waals surface area contributed by atoms with Crippen molar-refractivity contribution in [2.45, 2.75) is 48.0 Å². The van der Waals surface area contributed by atoms with Crippen molar-refractivity contribution >= 4 is 17.3 Å². The van der Waals surface area contributed by atoms with E-state index in [1.54, 1.807) is 25.8 Å². The standard InChI is InChI=1S/C24H30N6O2/c1-8-17-10-9-11-18(12-17)30-26-14-20(28-30)19(13-25)21(32-22(31)23(3,4)5)24(6)15-29(7)27-16(24)2/h9-12,14H,8,15H2,1-7H3/b21-19+. The summed E-state index contributed by atoms with van der Waals surface area (Å²) in [7, 11) is 1.85. The molecule has 1 aromatic heterocycles. The topological polar surface area (TPSA) is 96.4 Å². The number of hydrazone groups is 1. The normalized spacial score (nSPS) is 19.3. The van der Waals surface area contributed by atoms with E-state index in [0.29, 0.717) is 12.2 Å². The van der Waals surface area contributed by atoms with E-state index < -0.39 is 16.8 Å². The fraction of sp³-hybridized carbons (Fsp3) is 0.458. The van der Waals surface area contributed by atoms with Gasteiger partial charge in [0.15, 0.2) is 0 Å². The van der Waals surface area contributed by atoms with Crippen LogP contribution in [-0.4, -0.2) is 45.3 Å². The first-order valence-corrected chi connectivity index (χ1v) is 10.7. The first-order chi connectivity index (χ1) is 15.0. The third kappa shape index (κ3) is 4.42. The van der Waals surface area contributed by atoms with E-state index >= 15 is 0 Å². The Labute approximate surface area is 189 Å². The molecule has 0 radical (unpaired) electrons. The summed E-state index contributed by atoms with van der Waals surface area (Å²) < 4.78 is 5.91. The quantitative estimate of drug-likeness (QED) is 0.401. The molecule has 168 valence electrons. The van der Waals surface area contributed by atoms with Crippen LogP contribution in [0, 0.1) is 22.2 Å². The van der Waals surface area contributed by atoms with Crippen LogP contribution in [0.1, 0.15) is 52.8 Å². The third-order valence-corrected chi connectivity index (χ3v) is 5.61. The van der Waals surface area contributed by atoms with Crippen LogP contribution in [-0.2, 0) is 16.0 Å². The summed E-state index contributed by atoms with van der Waals surface area (Å²) in [6, 6.07) is 10.1. The Bertz CT molecular complexity index is 1130. The van der Waals surface area contributed by atoms with Crippen molar-refractivity contribution in [3.05, 3.63) is 47.5 Å². The van der Waals surface area contributed by atoms with Gasteiger partial charge in [-0.2, -0.15) is 20.3 Å². The van der Waals surface area contributed by atoms with Crippen molar-refractivity contribution in [3.63, 3.8) is 0 Å². The van der Waals surface area contributed by atoms with Crippen molar-refractivity contribution < 1.29 is 9.53 Å². The second kappa shape index (κ2) is 8.58. The average molecular weight is 435 g/mol. The highest BCUT2D eigenvalue weighted by Gasteiger charge is 2.44. The van der Waals surface area contributed by atoms with E-state index in [9.17, 15) is 10.1 Å². The van der Waals surface area contributed by atoms with Gasteiger partial charge in [-0.1, -0.05) is 19.1 Å². The van der Waals surface area contributed by atoms with Crippen LogP contribution in [0.4, 0.5) is 0 Å². The van der Waals surface area contributed by atoms with Gasteiger partial charge in [0.1, 0.15) is 23.1 Å². The molecule has 3 rings (SSSR count). The molecular weight excluding hydrogens is 404 g/mol. The lowest BCUT2D eigenvalue weighted by atomic mass is 9.81. The van der Waals surface area contributed by atoms with Gasteiger partial charge in [0.2, 0.25) is 0 Å². The Morgan fingerprint density at radius 3 is 2.62 bits per heavy atom. The summed E-state index contributed by atoms with van der Waals surface area (Å²) in [5, 5.41) is 25.3. The highest BCUT2D eigenvalue weighted by atomic mass is 16.5. The molecular formula is C24H30N6O2. The number of aryl methyl sites for hydroxylation is 1. The van der Waals surface area contributed by atoms with Gasteiger partial charge in [-0.25, -0.2) is 0 Å². The molecule has 2 aromatic rings. The van der Waals surface area contributed by atoms with Crippen molar-refractivity contribution in [2.75, 3.05) is 13.6 Å². The van der Waals surface area contributed by atoms with Crippen LogP contribution in [0.15, 0.2) is 41.3 Å². The number of carbonyl (C=O) groups excluding carboxylic acids is 1. The second-order valence-electron chi connectivity index (χ2n) is 9.33. The third-order valence-electron chi connectivity index (χ3n) is 5.61. The fourth-order valence-electron chi connectivity index (χ4n) is 3.52. The van der Waals surface area contributed by atoms with E-state index in [1.807, 2.05) is 45.2 Å². The van der Waals surface area contributed by atoms with E-state index in [-0.39, 0.29) is 11.3 Å². The Hall–Kier alpha value is -3.47. The summed E-state index contributed by atoms with van der Waals surface area (Å²) in [4.78, 5) is 14.3. The minimum absolute atomic E-state index is 0.174. The lowest BCUT2D eigenvalue weighted by Gasteiger charge is -2.29. The van der Waals surface area contributed by atoms with E-state index in [4.69, 9.17) is 4.74 Å². The highest BCUT2D eigenvalue weighted by Crippen LogP contribution is 2.40. The molecule has 1 aliphatic heterocycles. The van der Waals surface area contributed by atoms with Gasteiger partial charge in [-0.15, -0.1) is 5.10 Å². The lowest BCUT2D eigenvalue weighted by molar-refractivity contribution is -0.149. The number of allylic oxidation sites excluding steroid dienone is 1. The van der Waals surface area contributed by atoms with Crippen LogP contribution in [0.3, 0.4) is 0 Å². The first kappa shape index (κ1) is 23.2. The molecule has 0 fully saturated rings. The largest absolute Gasteiger partial charge is 0.428 e. The molecule has 1 aliphatic rings. The molecule has 0 saturated heterocycles. The van der Waals surface area contributed by atoms with E-state index in [0.717, 1.165) is 23.4 Å². The molecule has 0 N–H and O–H groups in total. The number of aromatic nitrogens is 3. The number of hydrogen-bond donors (Lipinski definition) is 0. The number of carbonyl (C=O) groups is 1. The van der Waals surface area contributed by atoms with Crippen molar-refractivity contribution in [3.8, 4) is 11.8 Å². The molecule has 1 unspecified atom stereocenters. The summed E-state index contributed by atoms with van der Waals surface area (Å²) >= 11 is 0. The molecule has 8 heteroatoms. The molecule has 0 spiro atoms. The number of benzene rings is 1. The first-order valence-electron chi connectivity index (χ1n) is 10.7. The zero-order valence-electron chi connectivity index (χ0n) is 19.8. The zero-order chi connectivity index (χ0) is 23.7. The molecule has 2 heterocycles. The van der Waals surface area contributed by atoms with Crippen molar-refractivity contribution in [1.82, 2.24) is 20.0 Å². The minimum atomic E-state index is -0.757. The summed E-state index contributed by atoms with van der Waals surface area (Å²) in [6.45, 7) is 11.7. The Balaban J connectivity index is 2.14. The molecule has 0 saturated carbocycles. The zero-order valence-corrected chi connectivity index (χ0v) is 19.8. The van der Waals surface area contributed by atoms with Crippen LogP contribution in [0.2, 0.25) is 0 Å². The van der Waals surface area contributed by atoms with Crippen LogP contribution < -0.4 is 0 Å². The molecule has 8 nitrogen and oxygen atoms in total. The van der Waals surface area contributed by atoms with Gasteiger partial charge in [-0.05, 0) is 58.7 Å². The number of rotatable bonds is 5. The Kier molecular flexibility index (Phi) is 6.22. The predicted octanol–water partition coefficient (Wildman–Crippen LogP) is 3.98. The van der Waals surface area contributed by atoms with E-state index in [2.05, 4.69) is 28.3 Å². The molecule has 0 amide bonds. The predicted molar refractivity (Wildman–Crippen MR) is 123 cm³/mol. The second-order valence-corrected chi connectivity index (χ2v) is 9.33. The van der Waals surface area contributed by atoms with Gasteiger partial charge >= 0.3 is 5.97 Å². The molecule has 0 aliphatic carbocycles. The lowest BCUT2D eigenvalue weighted by Crippen LogP contribution is -2.36. The van der Waals surface area contributed by atoms with Gasteiger partial charge in [-0.3, -0.25) is 9.80 Å². The maximum absolute atomic E-state index is 12.9. The monoisotopic (exact) mass is 434 g/mol. The number of hydrogen-bond acceptors (Lipinski definition) is 7. The molecule has 32 heavy (non-hydrogen) atoms. The summed E-state index contributed by atoms with van der Waals surface area (Å²) in [5.74, 6) is -0.174. The minimum Gasteiger partial charge on any atom is -0.428 e. The fourth-order valence-corrected chi connectivity index (χ4v) is 3.52. The SMILES string of the molecule is CCc1cccc(-n2ncc(/C(C#N)=C(/OC(=O)C(C)(C)C)C3(C)CN(C)N=C3C)n2)c1. The van der Waals surface area contributed by atoms with Crippen LogP contribution in [0.5, 0.6) is 0 Å². The number of nitriles is 1. The van der Waals surface area contributed by atoms with Crippen molar-refractivity contribution in [2.24, 2.45) is 15.9 Å². The average Bonchev–Trinajstić information content (AvgIpc) is 3.32.